The molecule has 0 aliphatic carbocycles. The highest BCUT2D eigenvalue weighted by molar-refractivity contribution is 6.67. The second-order valence-corrected chi connectivity index (χ2v) is 4.88. The van der Waals surface area contributed by atoms with E-state index in [0.717, 1.165) is 0 Å². The van der Waals surface area contributed by atoms with E-state index in [9.17, 15) is 9.18 Å². The number of hydrogen-bond donors (Lipinski definition) is 0. The number of halogens is 3. The van der Waals surface area contributed by atoms with Crippen LogP contribution in [-0.2, 0) is 6.61 Å². The van der Waals surface area contributed by atoms with Crippen LogP contribution in [0.25, 0.3) is 0 Å². The summed E-state index contributed by atoms with van der Waals surface area (Å²) in [7, 11) is 1.43. The van der Waals surface area contributed by atoms with Crippen molar-refractivity contribution in [2.75, 3.05) is 7.11 Å². The van der Waals surface area contributed by atoms with Crippen molar-refractivity contribution in [3.8, 4) is 11.5 Å². The summed E-state index contributed by atoms with van der Waals surface area (Å²) in [6.45, 7) is -0.0595. The van der Waals surface area contributed by atoms with Gasteiger partial charge in [-0.15, -0.1) is 0 Å². The fourth-order valence-electron chi connectivity index (χ4n) is 1.73. The number of ether oxygens (including phenoxy) is 2. The molecule has 2 aromatic carbocycles. The van der Waals surface area contributed by atoms with Crippen molar-refractivity contribution < 1.29 is 18.7 Å². The Kier molecular flexibility index (Phi) is 5.04. The summed E-state index contributed by atoms with van der Waals surface area (Å²) in [6.07, 6.45) is 0. The van der Waals surface area contributed by atoms with E-state index < -0.39 is 11.1 Å². The predicted molar refractivity (Wildman–Crippen MR) is 78.9 cm³/mol. The second-order valence-electron chi connectivity index (χ2n) is 4.13. The van der Waals surface area contributed by atoms with E-state index in [1.807, 2.05) is 0 Å². The topological polar surface area (TPSA) is 35.5 Å². The molecule has 0 saturated heterocycles. The maximum atomic E-state index is 13.6. The van der Waals surface area contributed by atoms with Gasteiger partial charge in [-0.05, 0) is 41.9 Å². The fraction of sp³-hybridized carbons (Fsp3) is 0.133. The van der Waals surface area contributed by atoms with Gasteiger partial charge < -0.3 is 9.47 Å². The summed E-state index contributed by atoms with van der Waals surface area (Å²) in [4.78, 5) is 11.1. The SMILES string of the molecule is COc1cc(C(=O)Cl)ccc1OCc1c(F)cccc1Cl. The zero-order valence-corrected chi connectivity index (χ0v) is 12.5. The maximum absolute atomic E-state index is 13.6. The fourth-order valence-corrected chi connectivity index (χ4v) is 2.06. The Labute approximate surface area is 131 Å². The van der Waals surface area contributed by atoms with Crippen LogP contribution in [0.4, 0.5) is 4.39 Å². The van der Waals surface area contributed by atoms with Crippen molar-refractivity contribution in [3.63, 3.8) is 0 Å². The number of benzene rings is 2. The number of carbonyl (C=O) groups is 1. The Morgan fingerprint density at radius 1 is 1.24 bits per heavy atom. The molecule has 21 heavy (non-hydrogen) atoms. The Morgan fingerprint density at radius 3 is 2.62 bits per heavy atom. The normalized spacial score (nSPS) is 10.3. The third-order valence-electron chi connectivity index (χ3n) is 2.82. The van der Waals surface area contributed by atoms with Crippen LogP contribution in [0.15, 0.2) is 36.4 Å². The zero-order valence-electron chi connectivity index (χ0n) is 11.0. The molecule has 0 bridgehead atoms. The first-order chi connectivity index (χ1) is 10.0. The monoisotopic (exact) mass is 328 g/mol. The van der Waals surface area contributed by atoms with Crippen LogP contribution in [0.3, 0.4) is 0 Å². The largest absolute Gasteiger partial charge is 0.493 e. The van der Waals surface area contributed by atoms with Crippen molar-refractivity contribution in [3.05, 3.63) is 58.4 Å². The molecular weight excluding hydrogens is 318 g/mol. The minimum Gasteiger partial charge on any atom is -0.493 e. The van der Waals surface area contributed by atoms with Gasteiger partial charge in [-0.1, -0.05) is 17.7 Å². The number of methoxy groups -OCH3 is 1. The lowest BCUT2D eigenvalue weighted by molar-refractivity contribution is 0.108. The summed E-state index contributed by atoms with van der Waals surface area (Å²) in [6, 6.07) is 8.88. The molecule has 0 aliphatic heterocycles. The van der Waals surface area contributed by atoms with Gasteiger partial charge in [0, 0.05) is 11.1 Å². The molecule has 6 heteroatoms. The van der Waals surface area contributed by atoms with Gasteiger partial charge in [-0.2, -0.15) is 0 Å². The van der Waals surface area contributed by atoms with Crippen LogP contribution in [0, 0.1) is 5.82 Å². The van der Waals surface area contributed by atoms with Crippen LogP contribution in [0.1, 0.15) is 15.9 Å². The highest BCUT2D eigenvalue weighted by Crippen LogP contribution is 2.30. The van der Waals surface area contributed by atoms with E-state index in [0.29, 0.717) is 11.5 Å². The van der Waals surface area contributed by atoms with Crippen LogP contribution in [0.5, 0.6) is 11.5 Å². The van der Waals surface area contributed by atoms with Gasteiger partial charge in [0.15, 0.2) is 11.5 Å². The Hall–Kier alpha value is -1.78. The third kappa shape index (κ3) is 3.65. The summed E-state index contributed by atoms with van der Waals surface area (Å²) in [5.74, 6) is 0.237. The van der Waals surface area contributed by atoms with E-state index in [2.05, 4.69) is 0 Å². The van der Waals surface area contributed by atoms with Crippen LogP contribution in [0.2, 0.25) is 5.02 Å². The number of hydrogen-bond acceptors (Lipinski definition) is 3. The molecule has 110 valence electrons. The molecule has 2 aromatic rings. The van der Waals surface area contributed by atoms with Gasteiger partial charge >= 0.3 is 0 Å². The average molecular weight is 329 g/mol. The van der Waals surface area contributed by atoms with Crippen molar-refractivity contribution in [1.29, 1.82) is 0 Å². The maximum Gasteiger partial charge on any atom is 0.252 e. The Morgan fingerprint density at radius 2 is 2.00 bits per heavy atom. The van der Waals surface area contributed by atoms with Gasteiger partial charge in [0.25, 0.3) is 5.24 Å². The first kappa shape index (κ1) is 15.6. The molecule has 0 radical (unpaired) electrons. The molecule has 0 saturated carbocycles. The molecule has 0 spiro atoms. The van der Waals surface area contributed by atoms with Gasteiger partial charge in [-0.25, -0.2) is 4.39 Å². The Bertz CT molecular complexity index is 654. The molecule has 2 rings (SSSR count). The lowest BCUT2D eigenvalue weighted by atomic mass is 10.2. The van der Waals surface area contributed by atoms with Crippen LogP contribution < -0.4 is 9.47 Å². The van der Waals surface area contributed by atoms with Crippen molar-refractivity contribution >= 4 is 28.4 Å². The van der Waals surface area contributed by atoms with Gasteiger partial charge in [0.1, 0.15) is 12.4 Å². The zero-order chi connectivity index (χ0) is 15.4. The summed E-state index contributed by atoms with van der Waals surface area (Å²) >= 11 is 11.3. The molecule has 3 nitrogen and oxygen atoms in total. The van der Waals surface area contributed by atoms with Gasteiger partial charge in [0.05, 0.1) is 12.1 Å². The van der Waals surface area contributed by atoms with E-state index in [1.165, 1.54) is 37.4 Å². The average Bonchev–Trinajstić information content (AvgIpc) is 2.46. The van der Waals surface area contributed by atoms with Crippen LogP contribution in [-0.4, -0.2) is 12.4 Å². The predicted octanol–water partition coefficient (Wildman–Crippen LogP) is 4.45. The van der Waals surface area contributed by atoms with E-state index >= 15 is 0 Å². The molecule has 0 amide bonds. The standard InChI is InChI=1S/C15H11Cl2FO3/c1-20-14-7-9(15(17)19)5-6-13(14)21-8-10-11(16)3-2-4-12(10)18/h2-7H,8H2,1H3. The molecule has 0 aliphatic rings. The summed E-state index contributed by atoms with van der Waals surface area (Å²) in [5, 5.41) is -0.321. The molecule has 0 heterocycles. The Balaban J connectivity index is 2.22. The lowest BCUT2D eigenvalue weighted by Gasteiger charge is -2.12. The summed E-state index contributed by atoms with van der Waals surface area (Å²) in [5.41, 5.74) is 0.531. The van der Waals surface area contributed by atoms with E-state index in [1.54, 1.807) is 6.07 Å². The smallest absolute Gasteiger partial charge is 0.252 e. The van der Waals surface area contributed by atoms with Crippen molar-refractivity contribution in [2.24, 2.45) is 0 Å². The van der Waals surface area contributed by atoms with Crippen molar-refractivity contribution in [1.82, 2.24) is 0 Å². The minimum absolute atomic E-state index is 0.0595. The lowest BCUT2D eigenvalue weighted by Crippen LogP contribution is -2.01. The van der Waals surface area contributed by atoms with Crippen LogP contribution >= 0.6 is 23.2 Å². The highest BCUT2D eigenvalue weighted by Gasteiger charge is 2.12. The molecule has 0 aromatic heterocycles. The number of carbonyl (C=O) groups excluding carboxylic acids is 1. The van der Waals surface area contributed by atoms with E-state index in [-0.39, 0.29) is 22.8 Å². The first-order valence-electron chi connectivity index (χ1n) is 5.96. The molecule has 0 unspecified atom stereocenters. The first-order valence-corrected chi connectivity index (χ1v) is 6.72. The van der Waals surface area contributed by atoms with Gasteiger partial charge in [-0.3, -0.25) is 4.79 Å². The van der Waals surface area contributed by atoms with Gasteiger partial charge in [0.2, 0.25) is 0 Å². The highest BCUT2D eigenvalue weighted by atomic mass is 35.5. The minimum atomic E-state index is -0.600. The molecular formula is C15H11Cl2FO3. The van der Waals surface area contributed by atoms with Crippen molar-refractivity contribution in [2.45, 2.75) is 6.61 Å². The quantitative estimate of drug-likeness (QED) is 0.761. The number of rotatable bonds is 5. The second kappa shape index (κ2) is 6.78. The van der Waals surface area contributed by atoms with E-state index in [4.69, 9.17) is 32.7 Å². The molecule has 0 fully saturated rings. The molecule has 0 atom stereocenters. The third-order valence-corrected chi connectivity index (χ3v) is 3.40. The molecule has 0 N–H and O–H groups in total. The summed E-state index contributed by atoms with van der Waals surface area (Å²) < 4.78 is 24.3.